The molecule has 3 amide bonds. The van der Waals surface area contributed by atoms with Crippen LogP contribution in [-0.4, -0.2) is 80.4 Å². The summed E-state index contributed by atoms with van der Waals surface area (Å²) < 4.78 is 0. The van der Waals surface area contributed by atoms with Crippen LogP contribution in [-0.2, 0) is 4.79 Å². The van der Waals surface area contributed by atoms with Gasteiger partial charge in [0.25, 0.3) is 11.8 Å². The van der Waals surface area contributed by atoms with Crippen LogP contribution in [0.1, 0.15) is 39.4 Å². The predicted octanol–water partition coefficient (Wildman–Crippen LogP) is 3.97. The quantitative estimate of drug-likeness (QED) is 0.530. The van der Waals surface area contributed by atoms with Crippen LogP contribution in [0.3, 0.4) is 0 Å². The number of nitrogens with one attached hydrogen (secondary N) is 2. The number of carbonyl (C=O) groups excluding carboxylic acids is 3. The minimum absolute atomic E-state index is 0.0844. The van der Waals surface area contributed by atoms with Gasteiger partial charge in [0.1, 0.15) is 5.00 Å². The largest absolute Gasteiger partial charge is 0.379 e. The van der Waals surface area contributed by atoms with Crippen LogP contribution in [0.25, 0.3) is 0 Å². The third-order valence-corrected chi connectivity index (χ3v) is 8.18. The molecule has 11 heteroatoms. The molecule has 1 fully saturated rings. The summed E-state index contributed by atoms with van der Waals surface area (Å²) in [6.07, 6.45) is 0. The lowest BCUT2D eigenvalue weighted by molar-refractivity contribution is -0.129. The number of anilines is 2. The summed E-state index contributed by atoms with van der Waals surface area (Å²) in [5.41, 5.74) is 1.99. The number of hydrogen-bond acceptors (Lipinski definition) is 6. The Kier molecular flexibility index (Phi) is 9.27. The fourth-order valence-corrected chi connectivity index (χ4v) is 5.51. The van der Waals surface area contributed by atoms with Gasteiger partial charge in [-0.2, -0.15) is 0 Å². The van der Waals surface area contributed by atoms with E-state index in [9.17, 15) is 14.4 Å². The number of halogens is 2. The topological polar surface area (TPSA) is 85.0 Å². The van der Waals surface area contributed by atoms with Crippen molar-refractivity contribution in [3.8, 4) is 0 Å². The lowest BCUT2D eigenvalue weighted by atomic mass is 10.1. The summed E-state index contributed by atoms with van der Waals surface area (Å²) in [7, 11) is 1.72. The molecule has 0 spiro atoms. The monoisotopic (exact) mass is 539 g/mol. The van der Waals surface area contributed by atoms with Crippen molar-refractivity contribution in [1.82, 2.24) is 15.1 Å². The SMILES string of the molecule is CCN(CC)C(=O)CNC(=O)c1c(NC)sc(C(=O)N2CCN(c3ccc(Cl)c(Cl)c3)CC2)c1C. The average Bonchev–Trinajstić information content (AvgIpc) is 3.20. The second-order valence-electron chi connectivity index (χ2n) is 8.14. The molecule has 0 radical (unpaired) electrons. The molecule has 1 saturated heterocycles. The Morgan fingerprint density at radius 2 is 1.71 bits per heavy atom. The van der Waals surface area contributed by atoms with E-state index in [0.717, 1.165) is 5.69 Å². The summed E-state index contributed by atoms with van der Waals surface area (Å²) in [6, 6.07) is 5.53. The summed E-state index contributed by atoms with van der Waals surface area (Å²) >= 11 is 13.4. The fourth-order valence-electron chi connectivity index (χ4n) is 4.09. The molecule has 0 aliphatic carbocycles. The summed E-state index contributed by atoms with van der Waals surface area (Å²) in [6.45, 7) is 9.07. The second-order valence-corrected chi connectivity index (χ2v) is 9.97. The molecule has 8 nitrogen and oxygen atoms in total. The van der Waals surface area contributed by atoms with Gasteiger partial charge in [-0.15, -0.1) is 11.3 Å². The molecule has 2 aromatic rings. The minimum Gasteiger partial charge on any atom is -0.379 e. The van der Waals surface area contributed by atoms with E-state index in [1.807, 2.05) is 26.0 Å². The average molecular weight is 541 g/mol. The van der Waals surface area contributed by atoms with Gasteiger partial charge in [-0.1, -0.05) is 23.2 Å². The molecule has 0 saturated carbocycles. The molecule has 1 aromatic heterocycles. The van der Waals surface area contributed by atoms with Gasteiger partial charge in [0, 0.05) is 52.0 Å². The number of rotatable bonds is 8. The zero-order valence-corrected chi connectivity index (χ0v) is 22.7. The van der Waals surface area contributed by atoms with E-state index in [1.165, 1.54) is 11.3 Å². The smallest absolute Gasteiger partial charge is 0.264 e. The van der Waals surface area contributed by atoms with Crippen LogP contribution in [0, 0.1) is 6.92 Å². The highest BCUT2D eigenvalue weighted by atomic mass is 35.5. The Labute approximate surface area is 220 Å². The fraction of sp³-hybridized carbons (Fsp3) is 0.458. The van der Waals surface area contributed by atoms with Crippen LogP contribution in [0.4, 0.5) is 10.7 Å². The van der Waals surface area contributed by atoms with Gasteiger partial charge in [-0.05, 0) is 44.5 Å². The Balaban J connectivity index is 1.69. The van der Waals surface area contributed by atoms with Gasteiger partial charge in [0.15, 0.2) is 0 Å². The van der Waals surface area contributed by atoms with Gasteiger partial charge in [0.05, 0.1) is 27.0 Å². The zero-order valence-electron chi connectivity index (χ0n) is 20.4. The molecule has 35 heavy (non-hydrogen) atoms. The highest BCUT2D eigenvalue weighted by molar-refractivity contribution is 7.18. The number of hydrogen-bond donors (Lipinski definition) is 2. The Morgan fingerprint density at radius 3 is 2.29 bits per heavy atom. The number of nitrogens with zero attached hydrogens (tertiary/aromatic N) is 3. The van der Waals surface area contributed by atoms with Crippen LogP contribution in [0.2, 0.25) is 10.0 Å². The van der Waals surface area contributed by atoms with E-state index in [2.05, 4.69) is 15.5 Å². The Hall–Kier alpha value is -2.49. The standard InChI is InChI=1S/C24H31Cl2N5O3S/c1-5-29(6-2)19(32)14-28-22(33)20-15(3)21(35-23(20)27-4)24(34)31-11-9-30(10-12-31)16-7-8-17(25)18(26)13-16/h7-8,13,27H,5-6,9-12,14H2,1-4H3,(H,28,33). The second kappa shape index (κ2) is 12.0. The van der Waals surface area contributed by atoms with Gasteiger partial charge in [-0.3, -0.25) is 14.4 Å². The number of benzene rings is 1. The van der Waals surface area contributed by atoms with Crippen LogP contribution >= 0.6 is 34.5 Å². The van der Waals surface area contributed by atoms with Gasteiger partial charge < -0.3 is 25.3 Å². The molecule has 1 aliphatic heterocycles. The minimum atomic E-state index is -0.368. The van der Waals surface area contributed by atoms with E-state index in [-0.39, 0.29) is 24.3 Å². The van der Waals surface area contributed by atoms with Crippen molar-refractivity contribution in [3.63, 3.8) is 0 Å². The summed E-state index contributed by atoms with van der Waals surface area (Å²) in [4.78, 5) is 44.7. The lowest BCUT2D eigenvalue weighted by Gasteiger charge is -2.36. The molecule has 1 aliphatic rings. The van der Waals surface area contributed by atoms with Crippen molar-refractivity contribution in [2.24, 2.45) is 0 Å². The molecule has 0 unspecified atom stereocenters. The summed E-state index contributed by atoms with van der Waals surface area (Å²) in [5.74, 6) is -0.610. The van der Waals surface area contributed by atoms with Gasteiger partial charge in [-0.25, -0.2) is 0 Å². The van der Waals surface area contributed by atoms with E-state index in [4.69, 9.17) is 23.2 Å². The maximum absolute atomic E-state index is 13.4. The van der Waals surface area contributed by atoms with Crippen LogP contribution < -0.4 is 15.5 Å². The normalized spacial score (nSPS) is 13.5. The number of piperazine rings is 1. The van der Waals surface area contributed by atoms with Crippen molar-refractivity contribution >= 4 is 62.9 Å². The molecular formula is C24H31Cl2N5O3S. The molecular weight excluding hydrogens is 509 g/mol. The number of amides is 3. The zero-order chi connectivity index (χ0) is 25.7. The molecule has 0 bridgehead atoms. The van der Waals surface area contributed by atoms with Crippen molar-refractivity contribution in [3.05, 3.63) is 44.2 Å². The number of thiophene rings is 1. The first-order valence-electron chi connectivity index (χ1n) is 11.6. The molecule has 0 atom stereocenters. The van der Waals surface area contributed by atoms with E-state index >= 15 is 0 Å². The number of carbonyl (C=O) groups is 3. The highest BCUT2D eigenvalue weighted by Crippen LogP contribution is 2.34. The highest BCUT2D eigenvalue weighted by Gasteiger charge is 2.29. The van der Waals surface area contributed by atoms with E-state index < -0.39 is 0 Å². The third-order valence-electron chi connectivity index (χ3n) is 6.15. The first-order valence-corrected chi connectivity index (χ1v) is 13.1. The maximum atomic E-state index is 13.4. The van der Waals surface area contributed by atoms with Crippen LogP contribution in [0.15, 0.2) is 18.2 Å². The summed E-state index contributed by atoms with van der Waals surface area (Å²) in [5, 5.41) is 7.35. The van der Waals surface area contributed by atoms with Gasteiger partial charge in [0.2, 0.25) is 5.91 Å². The predicted molar refractivity (Wildman–Crippen MR) is 143 cm³/mol. The first kappa shape index (κ1) is 27.1. The first-order chi connectivity index (χ1) is 16.7. The van der Waals surface area contributed by atoms with E-state index in [0.29, 0.717) is 70.3 Å². The van der Waals surface area contributed by atoms with Crippen molar-refractivity contribution < 1.29 is 14.4 Å². The Bertz CT molecular complexity index is 1100. The molecule has 1 aromatic carbocycles. The van der Waals surface area contributed by atoms with Crippen molar-refractivity contribution in [2.75, 3.05) is 63.1 Å². The Morgan fingerprint density at radius 1 is 1.06 bits per heavy atom. The molecule has 190 valence electrons. The van der Waals surface area contributed by atoms with Crippen LogP contribution in [0.5, 0.6) is 0 Å². The molecule has 3 rings (SSSR count). The van der Waals surface area contributed by atoms with Crippen molar-refractivity contribution in [2.45, 2.75) is 20.8 Å². The molecule has 2 heterocycles. The third kappa shape index (κ3) is 6.02. The number of likely N-dealkylation sites (N-methyl/N-ethyl adjacent to an activating group) is 1. The van der Waals surface area contributed by atoms with Gasteiger partial charge >= 0.3 is 0 Å². The van der Waals surface area contributed by atoms with E-state index in [1.54, 1.807) is 29.8 Å². The molecule has 2 N–H and O–H groups in total. The lowest BCUT2D eigenvalue weighted by Crippen LogP contribution is -2.48. The maximum Gasteiger partial charge on any atom is 0.264 e. The van der Waals surface area contributed by atoms with Crippen molar-refractivity contribution in [1.29, 1.82) is 0 Å².